The third kappa shape index (κ3) is 2.92. The van der Waals surface area contributed by atoms with E-state index in [4.69, 9.17) is 0 Å². The van der Waals surface area contributed by atoms with Crippen molar-refractivity contribution < 1.29 is 10.2 Å². The van der Waals surface area contributed by atoms with E-state index in [0.717, 1.165) is 27.6 Å². The van der Waals surface area contributed by atoms with Gasteiger partial charge in [0.1, 0.15) is 6.10 Å². The van der Waals surface area contributed by atoms with Crippen molar-refractivity contribution in [2.75, 3.05) is 6.61 Å². The molecule has 0 fully saturated rings. The number of hydrogen-bond donors (Lipinski definition) is 2. The van der Waals surface area contributed by atoms with E-state index in [0.29, 0.717) is 0 Å². The molecule has 3 aromatic carbocycles. The predicted molar refractivity (Wildman–Crippen MR) is 105 cm³/mol. The van der Waals surface area contributed by atoms with E-state index in [1.165, 1.54) is 0 Å². The fourth-order valence-electron chi connectivity index (χ4n) is 3.62. The van der Waals surface area contributed by atoms with E-state index in [1.807, 2.05) is 60.8 Å². The van der Waals surface area contributed by atoms with E-state index in [-0.39, 0.29) is 12.6 Å². The summed E-state index contributed by atoms with van der Waals surface area (Å²) in [6.07, 6.45) is 1.11. The summed E-state index contributed by atoms with van der Waals surface area (Å²) in [5.41, 5.74) is 4.33. The van der Waals surface area contributed by atoms with Gasteiger partial charge in [-0.15, -0.1) is 0 Å². The lowest BCUT2D eigenvalue weighted by Crippen LogP contribution is -2.27. The summed E-state index contributed by atoms with van der Waals surface area (Å²) in [5, 5.41) is 21.3. The molecule has 0 spiro atoms. The quantitative estimate of drug-likeness (QED) is 0.569. The van der Waals surface area contributed by atoms with Crippen molar-refractivity contribution in [1.82, 2.24) is 4.57 Å². The second kappa shape index (κ2) is 7.16. The van der Waals surface area contributed by atoms with Crippen molar-refractivity contribution >= 4 is 10.9 Å². The van der Waals surface area contributed by atoms with Crippen molar-refractivity contribution in [3.8, 4) is 11.1 Å². The molecular formula is C23H21NO2. The van der Waals surface area contributed by atoms with Crippen LogP contribution in [0, 0.1) is 0 Å². The van der Waals surface area contributed by atoms with Crippen LogP contribution in [0.5, 0.6) is 0 Å². The Kier molecular flexibility index (Phi) is 4.57. The van der Waals surface area contributed by atoms with Crippen molar-refractivity contribution in [3.63, 3.8) is 0 Å². The molecule has 0 aliphatic carbocycles. The summed E-state index contributed by atoms with van der Waals surface area (Å²) < 4.78 is 2.05. The maximum absolute atomic E-state index is 10.5. The molecule has 4 rings (SSSR count). The molecule has 0 unspecified atom stereocenters. The zero-order valence-electron chi connectivity index (χ0n) is 14.4. The Morgan fingerprint density at radius 1 is 0.769 bits per heavy atom. The molecule has 0 bridgehead atoms. The lowest BCUT2D eigenvalue weighted by Gasteiger charge is -2.25. The molecule has 4 aromatic rings. The van der Waals surface area contributed by atoms with Gasteiger partial charge in [-0.25, -0.2) is 0 Å². The standard InChI is InChI=1S/C23H21NO2/c25-16-22(26)23(18-10-5-2-6-11-18)24-15-14-20-19(12-7-13-21(20)24)17-8-3-1-4-9-17/h1-15,22-23,25-26H,16H2/t22-,23+/m1/s1. The Morgan fingerprint density at radius 2 is 1.46 bits per heavy atom. The fourth-order valence-corrected chi connectivity index (χ4v) is 3.62. The first kappa shape index (κ1) is 16.6. The predicted octanol–water partition coefficient (Wildman–Crippen LogP) is 4.25. The highest BCUT2D eigenvalue weighted by Crippen LogP contribution is 2.33. The maximum Gasteiger partial charge on any atom is 0.102 e. The van der Waals surface area contributed by atoms with Gasteiger partial charge in [0.25, 0.3) is 0 Å². The van der Waals surface area contributed by atoms with Crippen LogP contribution in [0.3, 0.4) is 0 Å². The van der Waals surface area contributed by atoms with Crippen molar-refractivity contribution in [2.24, 2.45) is 0 Å². The van der Waals surface area contributed by atoms with E-state index in [2.05, 4.69) is 34.9 Å². The summed E-state index contributed by atoms with van der Waals surface area (Å²) in [6, 6.07) is 28.0. The summed E-state index contributed by atoms with van der Waals surface area (Å²) in [6.45, 7) is -0.294. The summed E-state index contributed by atoms with van der Waals surface area (Å²) in [4.78, 5) is 0. The Balaban J connectivity index is 1.89. The van der Waals surface area contributed by atoms with Crippen LogP contribution in [0.15, 0.2) is 91.1 Å². The fraction of sp³-hybridized carbons (Fsp3) is 0.130. The van der Waals surface area contributed by atoms with Gasteiger partial charge in [-0.1, -0.05) is 72.8 Å². The number of benzene rings is 3. The largest absolute Gasteiger partial charge is 0.394 e. The lowest BCUT2D eigenvalue weighted by atomic mass is 10.00. The Morgan fingerprint density at radius 3 is 2.15 bits per heavy atom. The highest BCUT2D eigenvalue weighted by Gasteiger charge is 2.23. The monoisotopic (exact) mass is 343 g/mol. The van der Waals surface area contributed by atoms with Crippen LogP contribution in [0.25, 0.3) is 22.0 Å². The van der Waals surface area contributed by atoms with Gasteiger partial charge in [-0.3, -0.25) is 0 Å². The molecule has 0 saturated heterocycles. The average molecular weight is 343 g/mol. The number of aliphatic hydroxyl groups excluding tert-OH is 2. The van der Waals surface area contributed by atoms with Crippen LogP contribution in [0.2, 0.25) is 0 Å². The third-order valence-corrected chi connectivity index (χ3v) is 4.84. The van der Waals surface area contributed by atoms with Gasteiger partial charge in [0.2, 0.25) is 0 Å². The van der Waals surface area contributed by atoms with Gasteiger partial charge in [-0.2, -0.15) is 0 Å². The molecule has 3 nitrogen and oxygen atoms in total. The molecule has 0 amide bonds. The first-order valence-corrected chi connectivity index (χ1v) is 8.78. The van der Waals surface area contributed by atoms with Gasteiger partial charge in [0.15, 0.2) is 0 Å². The molecule has 0 radical (unpaired) electrons. The van der Waals surface area contributed by atoms with Gasteiger partial charge in [-0.05, 0) is 28.8 Å². The van der Waals surface area contributed by atoms with Crippen LogP contribution in [-0.2, 0) is 0 Å². The van der Waals surface area contributed by atoms with Crippen LogP contribution >= 0.6 is 0 Å². The molecule has 2 atom stereocenters. The number of fused-ring (bicyclic) bond motifs is 1. The SMILES string of the molecule is OC[C@@H](O)[C@H](c1ccccc1)n1ccc2c(-c3ccccc3)cccc21. The molecule has 2 N–H and O–H groups in total. The Labute approximate surface area is 152 Å². The number of aliphatic hydroxyl groups is 2. The summed E-state index contributed by atoms with van der Waals surface area (Å²) in [5.74, 6) is 0. The van der Waals surface area contributed by atoms with Gasteiger partial charge in [0, 0.05) is 17.1 Å². The number of aromatic nitrogens is 1. The second-order valence-electron chi connectivity index (χ2n) is 6.43. The van der Waals surface area contributed by atoms with Crippen LogP contribution in [0.1, 0.15) is 11.6 Å². The zero-order valence-corrected chi connectivity index (χ0v) is 14.4. The summed E-state index contributed by atoms with van der Waals surface area (Å²) in [7, 11) is 0. The highest BCUT2D eigenvalue weighted by molar-refractivity contribution is 5.95. The van der Waals surface area contributed by atoms with Crippen molar-refractivity contribution in [3.05, 3.63) is 96.7 Å². The van der Waals surface area contributed by atoms with Crippen molar-refractivity contribution in [1.29, 1.82) is 0 Å². The van der Waals surface area contributed by atoms with E-state index in [1.54, 1.807) is 0 Å². The minimum absolute atomic E-state index is 0.294. The molecule has 1 heterocycles. The van der Waals surface area contributed by atoms with Crippen LogP contribution in [0.4, 0.5) is 0 Å². The highest BCUT2D eigenvalue weighted by atomic mass is 16.3. The average Bonchev–Trinajstić information content (AvgIpc) is 3.13. The number of hydrogen-bond acceptors (Lipinski definition) is 2. The first-order valence-electron chi connectivity index (χ1n) is 8.78. The van der Waals surface area contributed by atoms with E-state index < -0.39 is 6.10 Å². The van der Waals surface area contributed by atoms with Crippen molar-refractivity contribution in [2.45, 2.75) is 12.1 Å². The van der Waals surface area contributed by atoms with Gasteiger partial charge >= 0.3 is 0 Å². The molecule has 0 aliphatic heterocycles. The Bertz CT molecular complexity index is 993. The number of nitrogens with zero attached hydrogens (tertiary/aromatic N) is 1. The lowest BCUT2D eigenvalue weighted by molar-refractivity contribution is 0.0654. The summed E-state index contributed by atoms with van der Waals surface area (Å²) >= 11 is 0. The zero-order chi connectivity index (χ0) is 17.9. The van der Waals surface area contributed by atoms with E-state index in [9.17, 15) is 10.2 Å². The molecule has 26 heavy (non-hydrogen) atoms. The van der Waals surface area contributed by atoms with Crippen LogP contribution < -0.4 is 0 Å². The molecule has 0 aliphatic rings. The molecule has 0 saturated carbocycles. The topological polar surface area (TPSA) is 45.4 Å². The Hall–Kier alpha value is -2.88. The molecule has 130 valence electrons. The van der Waals surface area contributed by atoms with Gasteiger partial charge in [0.05, 0.1) is 12.6 Å². The maximum atomic E-state index is 10.5. The molecule has 3 heteroatoms. The van der Waals surface area contributed by atoms with E-state index >= 15 is 0 Å². The normalized spacial score (nSPS) is 13.6. The minimum atomic E-state index is -0.881. The minimum Gasteiger partial charge on any atom is -0.394 e. The molecular weight excluding hydrogens is 322 g/mol. The molecule has 1 aromatic heterocycles. The smallest absolute Gasteiger partial charge is 0.102 e. The second-order valence-corrected chi connectivity index (χ2v) is 6.43. The first-order chi connectivity index (χ1) is 12.8. The number of rotatable bonds is 5. The van der Waals surface area contributed by atoms with Crippen LogP contribution in [-0.4, -0.2) is 27.5 Å². The third-order valence-electron chi connectivity index (χ3n) is 4.84. The van der Waals surface area contributed by atoms with Gasteiger partial charge < -0.3 is 14.8 Å².